The summed E-state index contributed by atoms with van der Waals surface area (Å²) in [5, 5.41) is 0. The first-order chi connectivity index (χ1) is 11.1. The second-order valence-corrected chi connectivity index (χ2v) is 6.25. The van der Waals surface area contributed by atoms with Crippen molar-refractivity contribution in [3.8, 4) is 0 Å². The van der Waals surface area contributed by atoms with Crippen LogP contribution in [0.4, 0.5) is 0 Å². The summed E-state index contributed by atoms with van der Waals surface area (Å²) in [5.74, 6) is 0. The van der Waals surface area contributed by atoms with Crippen molar-refractivity contribution in [3.63, 3.8) is 0 Å². The van der Waals surface area contributed by atoms with Crippen LogP contribution in [0.5, 0.6) is 0 Å². The SMILES string of the molecule is Cc1c(C)c(C)[c-](C)c1C.Cc1c(C)c(C)[c-](C)c1C.[Co].[Co].[N-]=O.[N-]=O. The third kappa shape index (κ3) is 7.27. The summed E-state index contributed by atoms with van der Waals surface area (Å²) in [4.78, 5) is 14.5. The standard InChI is InChI=1S/2C10H15.2Co.2NO/c2*1-6-7(2)9(4)10(5)8(6)3;;;2*1-2/h2*1-5H3;;;;/q2*-1;;;2*-1. The van der Waals surface area contributed by atoms with Crippen molar-refractivity contribution in [1.82, 2.24) is 0 Å². The molecule has 0 amide bonds. The van der Waals surface area contributed by atoms with E-state index in [4.69, 9.17) is 21.0 Å². The molecule has 0 saturated heterocycles. The quantitative estimate of drug-likeness (QED) is 0.429. The minimum atomic E-state index is 0. The van der Waals surface area contributed by atoms with Gasteiger partial charge in [-0.3, -0.25) is 0 Å². The molecule has 0 aliphatic heterocycles. The van der Waals surface area contributed by atoms with Crippen LogP contribution < -0.4 is 0 Å². The average Bonchev–Trinajstić information content (AvgIpc) is 2.89. The molecule has 2 radical (unpaired) electrons. The summed E-state index contributed by atoms with van der Waals surface area (Å²) in [6.45, 7) is 22.0. The fraction of sp³-hybridized carbons (Fsp3) is 0.500. The van der Waals surface area contributed by atoms with E-state index >= 15 is 0 Å². The molecule has 6 heteroatoms. The van der Waals surface area contributed by atoms with Gasteiger partial charge in [-0.1, -0.05) is 69.2 Å². The maximum Gasteiger partial charge on any atom is 0 e. The van der Waals surface area contributed by atoms with Crippen LogP contribution in [0.15, 0.2) is 0 Å². The molecule has 0 aliphatic carbocycles. The first-order valence-electron chi connectivity index (χ1n) is 7.87. The molecule has 4 nitrogen and oxygen atoms in total. The molecular weight excluding hydrogens is 418 g/mol. The van der Waals surface area contributed by atoms with Crippen LogP contribution >= 0.6 is 0 Å². The molecule has 0 bridgehead atoms. The Bertz CT molecular complexity index is 456. The predicted octanol–water partition coefficient (Wildman–Crippen LogP) is 6.53. The van der Waals surface area contributed by atoms with Gasteiger partial charge in [-0.05, 0) is 0 Å². The van der Waals surface area contributed by atoms with E-state index in [0.29, 0.717) is 0 Å². The smallest absolute Gasteiger partial charge is 0 e. The maximum atomic E-state index is 7.25. The fourth-order valence-electron chi connectivity index (χ4n) is 2.81. The number of hydrogen-bond donors (Lipinski definition) is 0. The van der Waals surface area contributed by atoms with Crippen molar-refractivity contribution < 1.29 is 33.6 Å². The van der Waals surface area contributed by atoms with Gasteiger partial charge in [0.1, 0.15) is 0 Å². The zero-order chi connectivity index (χ0) is 19.8. The number of nitrogens with zero attached hydrogens (tertiary/aromatic N) is 2. The summed E-state index contributed by atoms with van der Waals surface area (Å²) >= 11 is 0. The van der Waals surface area contributed by atoms with Crippen LogP contribution in [-0.2, 0) is 33.6 Å². The summed E-state index contributed by atoms with van der Waals surface area (Å²) in [7, 11) is 0. The van der Waals surface area contributed by atoms with Gasteiger partial charge in [0.15, 0.2) is 0 Å². The fourth-order valence-corrected chi connectivity index (χ4v) is 2.81. The van der Waals surface area contributed by atoms with Crippen LogP contribution in [0.1, 0.15) is 55.6 Å². The molecule has 2 rings (SSSR count). The normalized spacial score (nSPS) is 8.38. The Kier molecular flexibility index (Phi) is 18.8. The summed E-state index contributed by atoms with van der Waals surface area (Å²) in [6.07, 6.45) is 0. The molecule has 0 saturated carbocycles. The van der Waals surface area contributed by atoms with Gasteiger partial charge >= 0.3 is 0 Å². The first kappa shape index (κ1) is 32.6. The Morgan fingerprint density at radius 1 is 0.462 bits per heavy atom. The van der Waals surface area contributed by atoms with Gasteiger partial charge in [-0.15, -0.1) is 0 Å². The Hall–Kier alpha value is -1.09. The molecule has 2 aromatic rings. The van der Waals surface area contributed by atoms with E-state index in [-0.39, 0.29) is 33.6 Å². The third-order valence-corrected chi connectivity index (χ3v) is 5.62. The average molecular weight is 448 g/mol. The van der Waals surface area contributed by atoms with Crippen LogP contribution in [0.25, 0.3) is 11.2 Å². The second-order valence-electron chi connectivity index (χ2n) is 6.25. The summed E-state index contributed by atoms with van der Waals surface area (Å²) in [5.41, 5.74) is 26.2. The summed E-state index contributed by atoms with van der Waals surface area (Å²) in [6, 6.07) is 0. The van der Waals surface area contributed by atoms with Crippen LogP contribution in [0.2, 0.25) is 0 Å². The Morgan fingerprint density at radius 3 is 0.615 bits per heavy atom. The molecule has 0 unspecified atom stereocenters. The Morgan fingerprint density at radius 2 is 0.577 bits per heavy atom. The van der Waals surface area contributed by atoms with E-state index in [0.717, 1.165) is 0 Å². The van der Waals surface area contributed by atoms with E-state index in [9.17, 15) is 0 Å². The van der Waals surface area contributed by atoms with E-state index in [1.54, 1.807) is 0 Å². The molecule has 0 aliphatic rings. The van der Waals surface area contributed by atoms with Crippen molar-refractivity contribution in [2.24, 2.45) is 0 Å². The van der Waals surface area contributed by atoms with Crippen LogP contribution in [-0.4, -0.2) is 0 Å². The van der Waals surface area contributed by atoms with Gasteiger partial charge in [0.25, 0.3) is 0 Å². The first-order valence-corrected chi connectivity index (χ1v) is 7.87. The zero-order valence-corrected chi connectivity index (χ0v) is 19.5. The topological polar surface area (TPSA) is 78.7 Å². The van der Waals surface area contributed by atoms with E-state index in [2.05, 4.69) is 69.2 Å². The molecule has 0 aromatic heterocycles. The van der Waals surface area contributed by atoms with Crippen molar-refractivity contribution >= 4 is 0 Å². The van der Waals surface area contributed by atoms with E-state index in [1.165, 1.54) is 55.6 Å². The zero-order valence-electron chi connectivity index (χ0n) is 17.4. The minimum Gasteiger partial charge on any atom is -0.577 e. The Labute approximate surface area is 179 Å². The number of nitroso groups, excluding NO2 is 2. The molecule has 0 fully saturated rings. The third-order valence-electron chi connectivity index (χ3n) is 5.62. The molecule has 26 heavy (non-hydrogen) atoms. The van der Waals surface area contributed by atoms with Crippen molar-refractivity contribution in [3.05, 3.63) is 76.6 Å². The predicted molar refractivity (Wildman–Crippen MR) is 105 cm³/mol. The van der Waals surface area contributed by atoms with Gasteiger partial charge < -0.3 is 21.0 Å². The van der Waals surface area contributed by atoms with Crippen molar-refractivity contribution in [2.45, 2.75) is 69.2 Å². The van der Waals surface area contributed by atoms with Crippen LogP contribution in [0, 0.1) is 79.1 Å². The molecule has 0 atom stereocenters. The van der Waals surface area contributed by atoms with Gasteiger partial charge in [0.05, 0.1) is 0 Å². The van der Waals surface area contributed by atoms with E-state index < -0.39 is 0 Å². The largest absolute Gasteiger partial charge is 0.577 e. The minimum absolute atomic E-state index is 0. The summed E-state index contributed by atoms with van der Waals surface area (Å²) < 4.78 is 0. The van der Waals surface area contributed by atoms with Crippen LogP contribution in [0.3, 0.4) is 0 Å². The maximum absolute atomic E-state index is 7.25. The van der Waals surface area contributed by atoms with Gasteiger partial charge in [-0.25, -0.2) is 0 Å². The monoisotopic (exact) mass is 448 g/mol. The number of rotatable bonds is 0. The molecule has 0 N–H and O–H groups in total. The molecule has 0 heterocycles. The van der Waals surface area contributed by atoms with E-state index in [1.807, 2.05) is 0 Å². The van der Waals surface area contributed by atoms with Crippen molar-refractivity contribution in [2.75, 3.05) is 0 Å². The van der Waals surface area contributed by atoms with Gasteiger partial charge in [0, 0.05) is 33.6 Å². The second kappa shape index (κ2) is 15.0. The molecular formula is C20H30Co2N2O2-4. The van der Waals surface area contributed by atoms with Gasteiger partial charge in [-0.2, -0.15) is 55.6 Å². The molecule has 154 valence electrons. The van der Waals surface area contributed by atoms with Gasteiger partial charge in [0.2, 0.25) is 0 Å². The van der Waals surface area contributed by atoms with Crippen molar-refractivity contribution in [1.29, 1.82) is 0 Å². The molecule has 2 aromatic carbocycles. The molecule has 0 spiro atoms. The Balaban J connectivity index is -0.000000147. The number of hydrogen-bond acceptors (Lipinski definition) is 2.